The second kappa shape index (κ2) is 6.31. The first-order valence-corrected chi connectivity index (χ1v) is 7.62. The van der Waals surface area contributed by atoms with Gasteiger partial charge in [0.15, 0.2) is 4.34 Å². The summed E-state index contributed by atoms with van der Waals surface area (Å²) in [6.45, 7) is 4.17. The van der Waals surface area contributed by atoms with Gasteiger partial charge in [-0.2, -0.15) is 0 Å². The largest absolute Gasteiger partial charge is 0.313 e. The maximum Gasteiger partial charge on any atom is 0.179 e. The molecular weight excluding hydrogens is 262 g/mol. The zero-order valence-electron chi connectivity index (χ0n) is 10.8. The highest BCUT2D eigenvalue weighted by molar-refractivity contribution is 8.01. The maximum atomic E-state index is 4.17. The Hall–Kier alpha value is -0.910. The van der Waals surface area contributed by atoms with Crippen LogP contribution in [0.2, 0.25) is 0 Å². The van der Waals surface area contributed by atoms with Crippen molar-refractivity contribution in [2.75, 3.05) is 7.05 Å². The molecule has 1 heterocycles. The Bertz CT molecular complexity index is 506. The topological polar surface area (TPSA) is 37.8 Å². The lowest BCUT2D eigenvalue weighted by molar-refractivity contribution is 0.568. The highest BCUT2D eigenvalue weighted by atomic mass is 32.2. The molecule has 0 aliphatic carbocycles. The number of hydrogen-bond donors (Lipinski definition) is 1. The van der Waals surface area contributed by atoms with Gasteiger partial charge in [0.05, 0.1) is 0 Å². The Balaban J connectivity index is 2.27. The van der Waals surface area contributed by atoms with Gasteiger partial charge in [0.1, 0.15) is 5.01 Å². The molecule has 1 N–H and O–H groups in total. The molecule has 0 spiro atoms. The smallest absolute Gasteiger partial charge is 0.179 e. The molecule has 0 saturated carbocycles. The van der Waals surface area contributed by atoms with E-state index in [9.17, 15) is 0 Å². The fourth-order valence-corrected chi connectivity index (χ4v) is 3.81. The number of aromatic nitrogens is 2. The van der Waals surface area contributed by atoms with Gasteiger partial charge < -0.3 is 5.32 Å². The molecule has 5 heteroatoms. The van der Waals surface area contributed by atoms with Gasteiger partial charge >= 0.3 is 0 Å². The van der Waals surface area contributed by atoms with E-state index in [1.807, 2.05) is 14.0 Å². The third kappa shape index (κ3) is 3.10. The SMILES string of the molecule is CCC(NC)c1ccccc1Sc1nnc(C)s1. The summed E-state index contributed by atoms with van der Waals surface area (Å²) in [6, 6.07) is 8.88. The molecule has 0 fully saturated rings. The van der Waals surface area contributed by atoms with Gasteiger partial charge in [-0.05, 0) is 32.0 Å². The molecule has 1 unspecified atom stereocenters. The summed E-state index contributed by atoms with van der Waals surface area (Å²) in [5.74, 6) is 0. The van der Waals surface area contributed by atoms with E-state index in [1.165, 1.54) is 10.5 Å². The summed E-state index contributed by atoms with van der Waals surface area (Å²) in [5, 5.41) is 12.6. The van der Waals surface area contributed by atoms with E-state index in [0.717, 1.165) is 15.8 Å². The number of nitrogens with one attached hydrogen (secondary N) is 1. The minimum atomic E-state index is 0.391. The molecule has 2 aromatic rings. The average Bonchev–Trinajstić information content (AvgIpc) is 2.78. The van der Waals surface area contributed by atoms with E-state index >= 15 is 0 Å². The molecule has 0 radical (unpaired) electrons. The molecule has 0 aliphatic rings. The Morgan fingerprint density at radius 1 is 1.33 bits per heavy atom. The molecule has 0 saturated heterocycles. The summed E-state index contributed by atoms with van der Waals surface area (Å²) in [6.07, 6.45) is 1.07. The molecule has 1 aromatic carbocycles. The fourth-order valence-electron chi connectivity index (χ4n) is 1.85. The number of rotatable bonds is 5. The van der Waals surface area contributed by atoms with Crippen molar-refractivity contribution in [3.63, 3.8) is 0 Å². The van der Waals surface area contributed by atoms with E-state index in [-0.39, 0.29) is 0 Å². The van der Waals surface area contributed by atoms with Crippen molar-refractivity contribution >= 4 is 23.1 Å². The van der Waals surface area contributed by atoms with Crippen LogP contribution in [0.3, 0.4) is 0 Å². The third-order valence-corrected chi connectivity index (χ3v) is 4.74. The molecule has 0 bridgehead atoms. The third-order valence-electron chi connectivity index (χ3n) is 2.76. The molecule has 96 valence electrons. The van der Waals surface area contributed by atoms with Crippen LogP contribution in [0, 0.1) is 6.92 Å². The van der Waals surface area contributed by atoms with Crippen LogP contribution in [0.5, 0.6) is 0 Å². The molecular formula is C13H17N3S2. The minimum absolute atomic E-state index is 0.391. The standard InChI is InChI=1S/C13H17N3S2/c1-4-11(14-3)10-7-5-6-8-12(10)18-13-16-15-9(2)17-13/h5-8,11,14H,4H2,1-3H3. The van der Waals surface area contributed by atoms with Crippen molar-refractivity contribution in [2.45, 2.75) is 35.5 Å². The van der Waals surface area contributed by atoms with Crippen molar-refractivity contribution in [1.82, 2.24) is 15.5 Å². The fraction of sp³-hybridized carbons (Fsp3) is 0.385. The van der Waals surface area contributed by atoms with Crippen LogP contribution < -0.4 is 5.32 Å². The van der Waals surface area contributed by atoms with Crippen molar-refractivity contribution in [3.05, 3.63) is 34.8 Å². The van der Waals surface area contributed by atoms with Crippen LogP contribution in [0.25, 0.3) is 0 Å². The lowest BCUT2D eigenvalue weighted by atomic mass is 10.1. The normalized spacial score (nSPS) is 12.6. The highest BCUT2D eigenvalue weighted by Gasteiger charge is 2.13. The average molecular weight is 279 g/mol. The Labute approximate surface area is 116 Å². The number of hydrogen-bond acceptors (Lipinski definition) is 5. The quantitative estimate of drug-likeness (QED) is 0.906. The summed E-state index contributed by atoms with van der Waals surface area (Å²) in [7, 11) is 2.00. The van der Waals surface area contributed by atoms with Crippen LogP contribution in [0.1, 0.15) is 30.0 Å². The van der Waals surface area contributed by atoms with Crippen LogP contribution in [-0.2, 0) is 0 Å². The number of benzene rings is 1. The van der Waals surface area contributed by atoms with Crippen LogP contribution in [-0.4, -0.2) is 17.2 Å². The lowest BCUT2D eigenvalue weighted by Crippen LogP contribution is -2.15. The monoisotopic (exact) mass is 279 g/mol. The van der Waals surface area contributed by atoms with E-state index in [1.54, 1.807) is 23.1 Å². The van der Waals surface area contributed by atoms with E-state index in [2.05, 4.69) is 46.7 Å². The molecule has 0 amide bonds. The van der Waals surface area contributed by atoms with Gasteiger partial charge in [-0.25, -0.2) is 0 Å². The van der Waals surface area contributed by atoms with E-state index in [4.69, 9.17) is 0 Å². The van der Waals surface area contributed by atoms with Gasteiger partial charge in [-0.3, -0.25) is 0 Å². The predicted octanol–water partition coefficient (Wildman–Crippen LogP) is 3.67. The number of nitrogens with zero attached hydrogens (tertiary/aromatic N) is 2. The van der Waals surface area contributed by atoms with Crippen LogP contribution in [0.4, 0.5) is 0 Å². The molecule has 1 atom stereocenters. The molecule has 18 heavy (non-hydrogen) atoms. The summed E-state index contributed by atoms with van der Waals surface area (Å²) in [4.78, 5) is 1.26. The van der Waals surface area contributed by atoms with Gasteiger partial charge in [0, 0.05) is 10.9 Å². The van der Waals surface area contributed by atoms with Crippen molar-refractivity contribution < 1.29 is 0 Å². The zero-order chi connectivity index (χ0) is 13.0. The van der Waals surface area contributed by atoms with Gasteiger partial charge in [-0.15, -0.1) is 10.2 Å². The molecule has 2 rings (SSSR count). The molecule has 3 nitrogen and oxygen atoms in total. The first-order valence-electron chi connectivity index (χ1n) is 5.98. The zero-order valence-corrected chi connectivity index (χ0v) is 12.4. The second-order valence-electron chi connectivity index (χ2n) is 3.98. The van der Waals surface area contributed by atoms with Gasteiger partial charge in [0.2, 0.25) is 0 Å². The summed E-state index contributed by atoms with van der Waals surface area (Å²) in [5.41, 5.74) is 1.33. The maximum absolute atomic E-state index is 4.17. The summed E-state index contributed by atoms with van der Waals surface area (Å²) < 4.78 is 1.01. The van der Waals surface area contributed by atoms with E-state index < -0.39 is 0 Å². The molecule has 1 aromatic heterocycles. The highest BCUT2D eigenvalue weighted by Crippen LogP contribution is 2.35. The first kappa shape index (κ1) is 13.5. The Morgan fingerprint density at radius 2 is 2.11 bits per heavy atom. The van der Waals surface area contributed by atoms with Crippen LogP contribution >= 0.6 is 23.1 Å². The molecule has 0 aliphatic heterocycles. The van der Waals surface area contributed by atoms with Crippen molar-refractivity contribution in [3.8, 4) is 0 Å². The Morgan fingerprint density at radius 3 is 2.72 bits per heavy atom. The lowest BCUT2D eigenvalue weighted by Gasteiger charge is -2.17. The van der Waals surface area contributed by atoms with Gasteiger partial charge in [0.25, 0.3) is 0 Å². The summed E-state index contributed by atoms with van der Waals surface area (Å²) >= 11 is 3.34. The van der Waals surface area contributed by atoms with Crippen molar-refractivity contribution in [2.24, 2.45) is 0 Å². The first-order chi connectivity index (χ1) is 8.74. The minimum Gasteiger partial charge on any atom is -0.313 e. The van der Waals surface area contributed by atoms with Crippen LogP contribution in [0.15, 0.2) is 33.5 Å². The Kier molecular flexibility index (Phi) is 4.74. The number of aryl methyl sites for hydroxylation is 1. The van der Waals surface area contributed by atoms with Gasteiger partial charge in [-0.1, -0.05) is 48.2 Å². The van der Waals surface area contributed by atoms with Crippen molar-refractivity contribution in [1.29, 1.82) is 0 Å². The second-order valence-corrected chi connectivity index (χ2v) is 6.45. The predicted molar refractivity (Wildman–Crippen MR) is 77.3 cm³/mol. The van der Waals surface area contributed by atoms with E-state index in [0.29, 0.717) is 6.04 Å².